The summed E-state index contributed by atoms with van der Waals surface area (Å²) in [5, 5.41) is 2.66. The molecule has 5 aromatic carbocycles. The number of allylic oxidation sites excluding steroid dienone is 4. The van der Waals surface area contributed by atoms with Crippen LogP contribution in [0.25, 0.3) is 10.8 Å². The van der Waals surface area contributed by atoms with Crippen LogP contribution in [0.3, 0.4) is 0 Å². The van der Waals surface area contributed by atoms with E-state index in [9.17, 15) is 0 Å². The summed E-state index contributed by atoms with van der Waals surface area (Å²) < 4.78 is 0. The van der Waals surface area contributed by atoms with Gasteiger partial charge < -0.3 is 4.90 Å². The molecule has 1 nitrogen and oxygen atoms in total. The molecule has 0 N–H and O–H groups in total. The van der Waals surface area contributed by atoms with Crippen molar-refractivity contribution in [2.75, 3.05) is 11.9 Å². The van der Waals surface area contributed by atoms with Crippen molar-refractivity contribution in [1.82, 2.24) is 0 Å². The van der Waals surface area contributed by atoms with Gasteiger partial charge in [0, 0.05) is 23.8 Å². The molecule has 6 rings (SSSR count). The topological polar surface area (TPSA) is 3.24 Å². The Morgan fingerprint density at radius 2 is 1.23 bits per heavy atom. The summed E-state index contributed by atoms with van der Waals surface area (Å²) >= 11 is 0. The summed E-state index contributed by atoms with van der Waals surface area (Å²) in [6.45, 7) is 11.9. The van der Waals surface area contributed by atoms with Gasteiger partial charge in [0.05, 0.1) is 0 Å². The number of rotatable bonds is 8. The summed E-state index contributed by atoms with van der Waals surface area (Å²) in [6.07, 6.45) is 9.06. The average Bonchev–Trinajstić information content (AvgIpc) is 3.24. The molecular formula is C43H45N. The molecular weight excluding hydrogens is 530 g/mol. The summed E-state index contributed by atoms with van der Waals surface area (Å²) in [7, 11) is 2.24. The molecule has 222 valence electrons. The molecule has 1 aliphatic heterocycles. The number of para-hydroxylation sites is 1. The third-order valence-corrected chi connectivity index (χ3v) is 10.5. The van der Waals surface area contributed by atoms with Crippen LogP contribution in [0, 0.1) is 12.3 Å². The Hall–Kier alpha value is -4.36. The normalized spacial score (nSPS) is 15.8. The van der Waals surface area contributed by atoms with E-state index >= 15 is 0 Å². The van der Waals surface area contributed by atoms with Crippen LogP contribution < -0.4 is 4.90 Å². The maximum atomic E-state index is 2.44. The predicted octanol–water partition coefficient (Wildman–Crippen LogP) is 10.8. The second-order valence-corrected chi connectivity index (χ2v) is 13.7. The zero-order valence-electron chi connectivity index (χ0n) is 27.1. The first kappa shape index (κ1) is 29.7. The monoisotopic (exact) mass is 575 g/mol. The summed E-state index contributed by atoms with van der Waals surface area (Å²) in [5.41, 5.74) is 9.16. The molecule has 1 heteroatoms. The van der Waals surface area contributed by atoms with Gasteiger partial charge in [-0.15, -0.1) is 0 Å². The van der Waals surface area contributed by atoms with Crippen LogP contribution in [0.4, 0.5) is 5.69 Å². The van der Waals surface area contributed by atoms with Gasteiger partial charge in [-0.1, -0.05) is 155 Å². The van der Waals surface area contributed by atoms with Crippen molar-refractivity contribution >= 4 is 16.5 Å². The number of likely N-dealkylation sites (N-methyl/N-ethyl adjacent to an activating group) is 1. The second kappa shape index (κ2) is 11.6. The lowest BCUT2D eigenvalue weighted by Gasteiger charge is -2.42. The molecule has 0 radical (unpaired) electrons. The van der Waals surface area contributed by atoms with E-state index in [1.807, 2.05) is 0 Å². The van der Waals surface area contributed by atoms with Gasteiger partial charge in [-0.25, -0.2) is 0 Å². The van der Waals surface area contributed by atoms with Gasteiger partial charge in [0.15, 0.2) is 0 Å². The minimum absolute atomic E-state index is 0.0946. The summed E-state index contributed by atoms with van der Waals surface area (Å²) in [5.74, 6) is 0. The van der Waals surface area contributed by atoms with Gasteiger partial charge in [-0.3, -0.25) is 0 Å². The number of hydrogen-bond acceptors (Lipinski definition) is 1. The van der Waals surface area contributed by atoms with Crippen LogP contribution >= 0.6 is 0 Å². The Kier molecular flexibility index (Phi) is 7.84. The standard InChI is InChI=1S/C43H45N/c1-32-27-28-35-22-13-14-23-36(35)40(32)42(4,5)41(2,3)29-17-26-39-43(30-33-18-9-7-10-19-33,31-34-20-11-8-12-21-34)37-24-15-16-25-38(37)44(39)6/h7-29H,30-31H2,1-6H3/b29-17+,39-26+. The maximum Gasteiger partial charge on any atom is 0.0456 e. The number of benzene rings is 5. The van der Waals surface area contributed by atoms with Crippen molar-refractivity contribution < 1.29 is 0 Å². The lowest BCUT2D eigenvalue weighted by atomic mass is 9.62. The first-order valence-electron chi connectivity index (χ1n) is 15.9. The van der Waals surface area contributed by atoms with Crippen molar-refractivity contribution in [3.8, 4) is 0 Å². The zero-order chi connectivity index (χ0) is 31.0. The quantitative estimate of drug-likeness (QED) is 0.178. The minimum atomic E-state index is -0.190. The Balaban J connectivity index is 1.46. The van der Waals surface area contributed by atoms with Gasteiger partial charge in [-0.2, -0.15) is 0 Å². The smallest absolute Gasteiger partial charge is 0.0456 e. The third kappa shape index (κ3) is 5.19. The number of nitrogens with zero attached hydrogens (tertiary/aromatic N) is 1. The molecule has 44 heavy (non-hydrogen) atoms. The summed E-state index contributed by atoms with van der Waals surface area (Å²) in [6, 6.07) is 44.4. The highest BCUT2D eigenvalue weighted by Gasteiger charge is 2.46. The molecule has 1 aliphatic rings. The highest BCUT2D eigenvalue weighted by molar-refractivity contribution is 5.88. The SMILES string of the molecule is Cc1ccc2ccccc2c1C(C)(C)C(C)(C)/C=C/C=C1/N(C)c2ccccc2C1(Cc1ccccc1)Cc1ccccc1. The van der Waals surface area contributed by atoms with Crippen LogP contribution in [-0.4, -0.2) is 7.05 Å². The molecule has 0 saturated heterocycles. The molecule has 0 amide bonds. The average molecular weight is 576 g/mol. The number of anilines is 1. The van der Waals surface area contributed by atoms with E-state index in [2.05, 4.69) is 186 Å². The number of hydrogen-bond donors (Lipinski definition) is 0. The largest absolute Gasteiger partial charge is 0.347 e. The Bertz CT molecular complexity index is 1780. The van der Waals surface area contributed by atoms with E-state index in [1.165, 1.54) is 50.0 Å². The molecule has 0 aliphatic carbocycles. The highest BCUT2D eigenvalue weighted by Crippen LogP contribution is 2.51. The van der Waals surface area contributed by atoms with E-state index < -0.39 is 0 Å². The van der Waals surface area contributed by atoms with Crippen LogP contribution in [-0.2, 0) is 23.7 Å². The molecule has 0 saturated carbocycles. The van der Waals surface area contributed by atoms with Crippen molar-refractivity contribution in [3.05, 3.63) is 173 Å². The molecule has 0 fully saturated rings. The van der Waals surface area contributed by atoms with Crippen molar-refractivity contribution in [2.45, 2.75) is 58.3 Å². The minimum Gasteiger partial charge on any atom is -0.347 e. The highest BCUT2D eigenvalue weighted by atomic mass is 15.2. The fourth-order valence-electron chi connectivity index (χ4n) is 7.47. The zero-order valence-corrected chi connectivity index (χ0v) is 27.1. The van der Waals surface area contributed by atoms with E-state index in [1.54, 1.807) is 0 Å². The van der Waals surface area contributed by atoms with Gasteiger partial charge in [0.1, 0.15) is 0 Å². The van der Waals surface area contributed by atoms with Crippen LogP contribution in [0.5, 0.6) is 0 Å². The van der Waals surface area contributed by atoms with Gasteiger partial charge in [0.25, 0.3) is 0 Å². The fraction of sp³-hybridized carbons (Fsp3) is 0.256. The maximum absolute atomic E-state index is 2.44. The number of fused-ring (bicyclic) bond motifs is 2. The van der Waals surface area contributed by atoms with Gasteiger partial charge in [-0.05, 0) is 81.3 Å². The second-order valence-electron chi connectivity index (χ2n) is 13.7. The van der Waals surface area contributed by atoms with Crippen LogP contribution in [0.15, 0.2) is 145 Å². The fourth-order valence-corrected chi connectivity index (χ4v) is 7.47. The van der Waals surface area contributed by atoms with Crippen LogP contribution in [0.1, 0.15) is 55.5 Å². The van der Waals surface area contributed by atoms with Gasteiger partial charge >= 0.3 is 0 Å². The Morgan fingerprint density at radius 3 is 1.89 bits per heavy atom. The molecule has 5 aromatic rings. The summed E-state index contributed by atoms with van der Waals surface area (Å²) in [4.78, 5) is 2.43. The van der Waals surface area contributed by atoms with Gasteiger partial charge in [0.2, 0.25) is 0 Å². The molecule has 1 heterocycles. The molecule has 0 aromatic heterocycles. The molecule has 0 atom stereocenters. The lowest BCUT2D eigenvalue weighted by molar-refractivity contribution is 0.268. The lowest BCUT2D eigenvalue weighted by Crippen LogP contribution is -2.36. The van der Waals surface area contributed by atoms with Crippen molar-refractivity contribution in [2.24, 2.45) is 5.41 Å². The van der Waals surface area contributed by atoms with Crippen molar-refractivity contribution in [3.63, 3.8) is 0 Å². The number of aryl methyl sites for hydroxylation is 1. The van der Waals surface area contributed by atoms with Crippen LogP contribution in [0.2, 0.25) is 0 Å². The van der Waals surface area contributed by atoms with Crippen molar-refractivity contribution in [1.29, 1.82) is 0 Å². The van der Waals surface area contributed by atoms with E-state index in [0.29, 0.717) is 0 Å². The Morgan fingerprint density at radius 1 is 0.659 bits per heavy atom. The molecule has 0 unspecified atom stereocenters. The predicted molar refractivity (Wildman–Crippen MR) is 190 cm³/mol. The van der Waals surface area contributed by atoms with E-state index in [0.717, 1.165) is 12.8 Å². The molecule has 0 bridgehead atoms. The third-order valence-electron chi connectivity index (χ3n) is 10.5. The first-order valence-corrected chi connectivity index (χ1v) is 15.9. The Labute approximate surface area is 264 Å². The first-order chi connectivity index (χ1) is 21.1. The van der Waals surface area contributed by atoms with E-state index in [4.69, 9.17) is 0 Å². The molecule has 0 spiro atoms. The van der Waals surface area contributed by atoms with E-state index in [-0.39, 0.29) is 16.2 Å².